The summed E-state index contributed by atoms with van der Waals surface area (Å²) in [5.41, 5.74) is 4.25. The van der Waals surface area contributed by atoms with Crippen LogP contribution in [0.2, 0.25) is 0 Å². The normalized spacial score (nSPS) is 19.5. The predicted octanol–water partition coefficient (Wildman–Crippen LogP) is 3.45. The second-order valence-electron chi connectivity index (χ2n) is 4.02. The van der Waals surface area contributed by atoms with Crippen LogP contribution in [0.5, 0.6) is 0 Å². The summed E-state index contributed by atoms with van der Waals surface area (Å²) in [6.45, 7) is 12.7. The van der Waals surface area contributed by atoms with Gasteiger partial charge in [0.05, 0.1) is 0 Å². The Morgan fingerprint density at radius 2 is 1.60 bits per heavy atom. The topological polar surface area (TPSA) is 3.24 Å². The largest absolute Gasteiger partial charge is 2.00 e. The molecule has 2 heteroatoms. The van der Waals surface area contributed by atoms with Crippen LogP contribution in [0.15, 0.2) is 16.7 Å². The Bertz CT molecular complexity index is 239. The zero-order chi connectivity index (χ0) is 11.3. The molecule has 0 fully saturated rings. The average Bonchev–Trinajstić information content (AvgIpc) is 2.34. The number of rotatable bonds is 1. The molecule has 1 nitrogen and oxygen atoms in total. The van der Waals surface area contributed by atoms with Gasteiger partial charge in [-0.3, -0.25) is 12.6 Å². The maximum Gasteiger partial charge on any atom is 2.00 e. The molecule has 0 radical (unpaired) electrons. The van der Waals surface area contributed by atoms with E-state index in [0.717, 1.165) is 0 Å². The van der Waals surface area contributed by atoms with Gasteiger partial charge in [0.15, 0.2) is 0 Å². The molecule has 0 aromatic carbocycles. The van der Waals surface area contributed by atoms with E-state index in [2.05, 4.69) is 33.8 Å². The molecule has 0 amide bonds. The van der Waals surface area contributed by atoms with Crippen molar-refractivity contribution >= 4 is 0 Å². The van der Waals surface area contributed by atoms with E-state index in [0.29, 0.717) is 5.92 Å². The van der Waals surface area contributed by atoms with Crippen molar-refractivity contribution in [2.45, 2.75) is 34.6 Å². The summed E-state index contributed by atoms with van der Waals surface area (Å²) in [6.07, 6.45) is 3.36. The molecule has 1 rings (SSSR count). The van der Waals surface area contributed by atoms with Crippen molar-refractivity contribution in [3.05, 3.63) is 29.3 Å². The third kappa shape index (κ3) is 6.34. The van der Waals surface area contributed by atoms with Crippen LogP contribution < -0.4 is 0 Å². The van der Waals surface area contributed by atoms with Crippen LogP contribution >= 0.6 is 0 Å². The molecule has 0 N–H and O–H groups in total. The van der Waals surface area contributed by atoms with Gasteiger partial charge < -0.3 is 4.90 Å². The van der Waals surface area contributed by atoms with E-state index >= 15 is 0 Å². The van der Waals surface area contributed by atoms with Crippen molar-refractivity contribution in [3.63, 3.8) is 0 Å². The molecular weight excluding hydrogens is 218 g/mol. The Morgan fingerprint density at radius 3 is 1.67 bits per heavy atom. The number of allylic oxidation sites excluding steroid dienone is 4. The number of hydrogen-bond donors (Lipinski definition) is 0. The van der Waals surface area contributed by atoms with E-state index in [9.17, 15) is 0 Å². The molecule has 0 saturated carbocycles. The average molecular weight is 241 g/mol. The number of nitrogens with zero attached hydrogens (tertiary/aromatic N) is 1. The maximum absolute atomic E-state index is 3.36. The molecule has 1 unspecified atom stereocenters. The van der Waals surface area contributed by atoms with Crippen molar-refractivity contribution in [1.29, 1.82) is 0 Å². The molecule has 0 spiro atoms. The van der Waals surface area contributed by atoms with Crippen LogP contribution in [0, 0.1) is 18.5 Å². The molecule has 1 aliphatic carbocycles. The van der Waals surface area contributed by atoms with Gasteiger partial charge in [0, 0.05) is 0 Å². The summed E-state index contributed by atoms with van der Waals surface area (Å²) < 4.78 is 0. The molecule has 1 atom stereocenters. The van der Waals surface area contributed by atoms with E-state index in [4.69, 9.17) is 0 Å². The monoisotopic (exact) mass is 241 g/mol. The van der Waals surface area contributed by atoms with E-state index in [-0.39, 0.29) is 21.7 Å². The Hall–Kier alpha value is 0.154. The van der Waals surface area contributed by atoms with Gasteiger partial charge in [-0.05, 0) is 14.1 Å². The summed E-state index contributed by atoms with van der Waals surface area (Å²) in [7, 11) is 4.00. The first kappa shape index (κ1) is 17.5. The van der Waals surface area contributed by atoms with Gasteiger partial charge in [-0.1, -0.05) is 26.7 Å². The van der Waals surface area contributed by atoms with Crippen LogP contribution in [0.1, 0.15) is 34.6 Å². The van der Waals surface area contributed by atoms with Crippen molar-refractivity contribution in [1.82, 2.24) is 4.90 Å². The summed E-state index contributed by atoms with van der Waals surface area (Å²) in [4.78, 5) is 2.00. The summed E-state index contributed by atoms with van der Waals surface area (Å²) >= 11 is 0. The number of hydrogen-bond acceptors (Lipinski definition) is 1. The minimum Gasteiger partial charge on any atom is -0.462 e. The van der Waals surface area contributed by atoms with E-state index in [1.807, 2.05) is 32.5 Å². The molecule has 0 aliphatic heterocycles. The van der Waals surface area contributed by atoms with Crippen molar-refractivity contribution in [3.8, 4) is 0 Å². The Kier molecular flexibility index (Phi) is 9.74. The van der Waals surface area contributed by atoms with Crippen molar-refractivity contribution in [2.24, 2.45) is 5.92 Å². The summed E-state index contributed by atoms with van der Waals surface area (Å²) in [6, 6.07) is 0. The van der Waals surface area contributed by atoms with Crippen molar-refractivity contribution in [2.75, 3.05) is 14.1 Å². The van der Waals surface area contributed by atoms with Crippen LogP contribution in [-0.4, -0.2) is 19.0 Å². The predicted molar refractivity (Wildman–Crippen MR) is 63.6 cm³/mol. The fourth-order valence-electron chi connectivity index (χ4n) is 1.16. The van der Waals surface area contributed by atoms with E-state index in [1.165, 1.54) is 16.7 Å². The smallest absolute Gasteiger partial charge is 0.462 e. The molecule has 1 aliphatic rings. The summed E-state index contributed by atoms with van der Waals surface area (Å²) in [5, 5.41) is 0. The molecule has 15 heavy (non-hydrogen) atoms. The van der Waals surface area contributed by atoms with E-state index < -0.39 is 0 Å². The van der Waals surface area contributed by atoms with Gasteiger partial charge in [0.1, 0.15) is 0 Å². The van der Waals surface area contributed by atoms with E-state index in [1.54, 1.807) is 0 Å². The molecule has 0 aromatic heterocycles. The zero-order valence-electron chi connectivity index (χ0n) is 11.1. The Morgan fingerprint density at radius 1 is 1.20 bits per heavy atom. The second-order valence-corrected chi connectivity index (χ2v) is 4.02. The van der Waals surface area contributed by atoms with Crippen LogP contribution in [0.25, 0.3) is 0 Å². The summed E-state index contributed by atoms with van der Waals surface area (Å²) in [5.74, 6) is 0.560. The third-order valence-electron chi connectivity index (χ3n) is 2.75. The van der Waals surface area contributed by atoms with Gasteiger partial charge in [-0.25, -0.2) is 5.57 Å². The quantitative estimate of drug-likeness (QED) is 0.502. The maximum atomic E-state index is 3.36. The Balaban J connectivity index is 0. The molecule has 84 valence electrons. The molecule has 0 heterocycles. The fourth-order valence-corrected chi connectivity index (χ4v) is 1.16. The van der Waals surface area contributed by atoms with Crippen molar-refractivity contribution < 1.29 is 21.7 Å². The first-order valence-electron chi connectivity index (χ1n) is 5.13. The van der Waals surface area contributed by atoms with Crippen LogP contribution in [0.4, 0.5) is 0 Å². The fraction of sp³-hybridized carbons (Fsp3) is 0.615. The first-order valence-corrected chi connectivity index (χ1v) is 5.13. The molecule has 0 aromatic rings. The van der Waals surface area contributed by atoms with Gasteiger partial charge in [-0.15, -0.1) is 6.92 Å². The van der Waals surface area contributed by atoms with Gasteiger partial charge >= 0.3 is 21.7 Å². The SMILES string of the molecule is CC1=[C-]C(C)C(C)=C1C.C[CH-]N(C)C.[Ti+2]. The third-order valence-corrected chi connectivity index (χ3v) is 2.75. The standard InChI is InChI=1S/C9H13.C4H10N.Ti/c1-6-5-7(2)9(4)8(6)3;1-4-5(2)3;/h6H,1-4H3;4H,1-3H3;/q2*-1;+2. The minimum atomic E-state index is 0. The van der Waals surface area contributed by atoms with Gasteiger partial charge in [0.2, 0.25) is 0 Å². The molecule has 0 saturated heterocycles. The Labute approximate surface area is 111 Å². The first-order chi connectivity index (χ1) is 6.40. The molecule has 0 bridgehead atoms. The van der Waals surface area contributed by atoms with Gasteiger partial charge in [-0.2, -0.15) is 18.1 Å². The zero-order valence-corrected chi connectivity index (χ0v) is 12.7. The van der Waals surface area contributed by atoms with Crippen LogP contribution in [0.3, 0.4) is 0 Å². The van der Waals surface area contributed by atoms with Gasteiger partial charge in [0.25, 0.3) is 0 Å². The second kappa shape index (κ2) is 8.32. The van der Waals surface area contributed by atoms with Crippen LogP contribution in [-0.2, 0) is 21.7 Å². The minimum absolute atomic E-state index is 0. The molecular formula is C13H23NTi.